The molecule has 0 aromatic heterocycles. The number of benzene rings is 2. The monoisotopic (exact) mass is 309 g/mol. The number of hydrogen-bond acceptors (Lipinski definition) is 2. The van der Waals surface area contributed by atoms with Gasteiger partial charge in [0.1, 0.15) is 11.5 Å². The van der Waals surface area contributed by atoms with Gasteiger partial charge in [-0.2, -0.15) is 0 Å². The van der Waals surface area contributed by atoms with E-state index in [1.807, 2.05) is 24.3 Å². The second-order valence-electron chi connectivity index (χ2n) is 4.82. The molecule has 0 aliphatic rings. The van der Waals surface area contributed by atoms with Crippen molar-refractivity contribution in [1.82, 2.24) is 5.32 Å². The van der Waals surface area contributed by atoms with Crippen LogP contribution in [0.5, 0.6) is 11.5 Å². The van der Waals surface area contributed by atoms with Gasteiger partial charge in [0, 0.05) is 29.2 Å². The number of nitrogens with one attached hydrogen (secondary N) is 1. The van der Waals surface area contributed by atoms with Crippen LogP contribution in [0.1, 0.15) is 19.4 Å². The molecule has 0 aliphatic heterocycles. The average Bonchev–Trinajstić information content (AvgIpc) is 2.42. The molecule has 0 fully saturated rings. The van der Waals surface area contributed by atoms with Gasteiger partial charge in [0.15, 0.2) is 0 Å². The summed E-state index contributed by atoms with van der Waals surface area (Å²) in [6.45, 7) is 4.96. The first-order chi connectivity index (χ1) is 9.56. The Morgan fingerprint density at radius 2 is 1.80 bits per heavy atom. The molecule has 0 amide bonds. The Bertz CT molecular complexity index is 584. The fourth-order valence-electron chi connectivity index (χ4n) is 1.74. The van der Waals surface area contributed by atoms with E-state index in [0.29, 0.717) is 21.8 Å². The molecule has 0 saturated heterocycles. The highest BCUT2D eigenvalue weighted by molar-refractivity contribution is 6.34. The largest absolute Gasteiger partial charge is 0.455 e. The van der Waals surface area contributed by atoms with E-state index in [0.717, 1.165) is 17.9 Å². The number of rotatable bonds is 5. The highest BCUT2D eigenvalue weighted by Gasteiger charge is 2.08. The lowest BCUT2D eigenvalue weighted by Gasteiger charge is -2.14. The van der Waals surface area contributed by atoms with Crippen LogP contribution in [-0.2, 0) is 6.54 Å². The first kappa shape index (κ1) is 15.2. The second kappa shape index (κ2) is 6.98. The highest BCUT2D eigenvalue weighted by Crippen LogP contribution is 2.33. The Morgan fingerprint density at radius 3 is 2.55 bits per heavy atom. The van der Waals surface area contributed by atoms with E-state index in [1.165, 1.54) is 0 Å². The topological polar surface area (TPSA) is 21.3 Å². The maximum absolute atomic E-state index is 6.13. The van der Waals surface area contributed by atoms with Crippen LogP contribution < -0.4 is 10.1 Å². The van der Waals surface area contributed by atoms with E-state index >= 15 is 0 Å². The molecule has 0 bridgehead atoms. The molecule has 0 radical (unpaired) electrons. The number of ether oxygens (including phenoxy) is 1. The van der Waals surface area contributed by atoms with E-state index < -0.39 is 0 Å². The van der Waals surface area contributed by atoms with E-state index in [9.17, 15) is 0 Å². The zero-order chi connectivity index (χ0) is 14.5. The number of hydrogen-bond donors (Lipinski definition) is 1. The Balaban J connectivity index is 2.22. The summed E-state index contributed by atoms with van der Waals surface area (Å²) in [6.07, 6.45) is 0. The lowest BCUT2D eigenvalue weighted by molar-refractivity contribution is 0.469. The molecule has 4 heteroatoms. The summed E-state index contributed by atoms with van der Waals surface area (Å²) in [6, 6.07) is 13.5. The van der Waals surface area contributed by atoms with Crippen LogP contribution in [0, 0.1) is 0 Å². The van der Waals surface area contributed by atoms with E-state index in [2.05, 4.69) is 19.2 Å². The van der Waals surface area contributed by atoms with Crippen molar-refractivity contribution < 1.29 is 4.74 Å². The van der Waals surface area contributed by atoms with Crippen LogP contribution in [-0.4, -0.2) is 6.04 Å². The molecule has 2 aromatic rings. The fraction of sp³-hybridized carbons (Fsp3) is 0.250. The zero-order valence-corrected chi connectivity index (χ0v) is 13.0. The van der Waals surface area contributed by atoms with Gasteiger partial charge in [0.2, 0.25) is 0 Å². The van der Waals surface area contributed by atoms with E-state index in [4.69, 9.17) is 27.9 Å². The van der Waals surface area contributed by atoms with E-state index in [1.54, 1.807) is 18.2 Å². The van der Waals surface area contributed by atoms with Gasteiger partial charge in [-0.05, 0) is 18.2 Å². The summed E-state index contributed by atoms with van der Waals surface area (Å²) in [5.41, 5.74) is 1.08. The minimum Gasteiger partial charge on any atom is -0.455 e. The standard InChI is InChI=1S/C16H17Cl2NO/c1-11(2)19-10-12-5-3-4-6-15(12)20-16-9-13(17)7-8-14(16)18/h3-9,11,19H,10H2,1-2H3. The molecule has 0 aliphatic carbocycles. The summed E-state index contributed by atoms with van der Waals surface area (Å²) in [4.78, 5) is 0. The highest BCUT2D eigenvalue weighted by atomic mass is 35.5. The predicted molar refractivity (Wildman–Crippen MR) is 85.0 cm³/mol. The zero-order valence-electron chi connectivity index (χ0n) is 11.5. The molecule has 20 heavy (non-hydrogen) atoms. The van der Waals surface area contributed by atoms with Gasteiger partial charge in [-0.3, -0.25) is 0 Å². The molecule has 0 spiro atoms. The maximum Gasteiger partial charge on any atom is 0.147 e. The van der Waals surface area contributed by atoms with Gasteiger partial charge in [0.05, 0.1) is 5.02 Å². The van der Waals surface area contributed by atoms with Crippen molar-refractivity contribution >= 4 is 23.2 Å². The Labute approximate surface area is 129 Å². The molecule has 0 heterocycles. The third-order valence-electron chi connectivity index (χ3n) is 2.79. The van der Waals surface area contributed by atoms with Crippen LogP contribution in [0.15, 0.2) is 42.5 Å². The van der Waals surface area contributed by atoms with Crippen molar-refractivity contribution in [2.45, 2.75) is 26.4 Å². The molecule has 2 rings (SSSR count). The SMILES string of the molecule is CC(C)NCc1ccccc1Oc1cc(Cl)ccc1Cl. The van der Waals surface area contributed by atoms with Crippen LogP contribution in [0.4, 0.5) is 0 Å². The minimum absolute atomic E-state index is 0.415. The molecule has 0 unspecified atom stereocenters. The predicted octanol–water partition coefficient (Wildman–Crippen LogP) is 5.28. The van der Waals surface area contributed by atoms with Crippen molar-refractivity contribution in [2.24, 2.45) is 0 Å². The minimum atomic E-state index is 0.415. The quantitative estimate of drug-likeness (QED) is 0.811. The van der Waals surface area contributed by atoms with Crippen LogP contribution in [0.2, 0.25) is 10.0 Å². The molecular formula is C16H17Cl2NO. The summed E-state index contributed by atoms with van der Waals surface area (Å²) in [5.74, 6) is 1.35. The van der Waals surface area contributed by atoms with Gasteiger partial charge < -0.3 is 10.1 Å². The molecule has 0 saturated carbocycles. The lowest BCUT2D eigenvalue weighted by atomic mass is 10.2. The Morgan fingerprint density at radius 1 is 1.05 bits per heavy atom. The van der Waals surface area contributed by atoms with Crippen LogP contribution >= 0.6 is 23.2 Å². The van der Waals surface area contributed by atoms with Crippen molar-refractivity contribution in [3.8, 4) is 11.5 Å². The van der Waals surface area contributed by atoms with Gasteiger partial charge in [-0.1, -0.05) is 55.2 Å². The van der Waals surface area contributed by atoms with Crippen LogP contribution in [0.3, 0.4) is 0 Å². The molecule has 106 valence electrons. The van der Waals surface area contributed by atoms with Crippen molar-refractivity contribution in [3.63, 3.8) is 0 Å². The summed E-state index contributed by atoms with van der Waals surface area (Å²) >= 11 is 12.1. The van der Waals surface area contributed by atoms with Crippen molar-refractivity contribution in [1.29, 1.82) is 0 Å². The third-order valence-corrected chi connectivity index (χ3v) is 3.33. The van der Waals surface area contributed by atoms with Crippen LogP contribution in [0.25, 0.3) is 0 Å². The molecule has 2 nitrogen and oxygen atoms in total. The van der Waals surface area contributed by atoms with E-state index in [-0.39, 0.29) is 0 Å². The Hall–Kier alpha value is -1.22. The molecular weight excluding hydrogens is 293 g/mol. The second-order valence-corrected chi connectivity index (χ2v) is 5.66. The van der Waals surface area contributed by atoms with Gasteiger partial charge in [0.25, 0.3) is 0 Å². The summed E-state index contributed by atoms with van der Waals surface area (Å²) < 4.78 is 5.90. The van der Waals surface area contributed by atoms with Gasteiger partial charge in [-0.25, -0.2) is 0 Å². The van der Waals surface area contributed by atoms with Gasteiger partial charge in [-0.15, -0.1) is 0 Å². The molecule has 0 atom stereocenters. The van der Waals surface area contributed by atoms with Crippen molar-refractivity contribution in [3.05, 3.63) is 58.1 Å². The lowest BCUT2D eigenvalue weighted by Crippen LogP contribution is -2.22. The maximum atomic E-state index is 6.13. The number of halogens is 2. The smallest absolute Gasteiger partial charge is 0.147 e. The first-order valence-corrected chi connectivity index (χ1v) is 7.26. The summed E-state index contributed by atoms with van der Waals surface area (Å²) in [5, 5.41) is 4.52. The normalized spacial score (nSPS) is 10.8. The Kier molecular flexibility index (Phi) is 5.30. The molecule has 1 N–H and O–H groups in total. The van der Waals surface area contributed by atoms with Crippen molar-refractivity contribution in [2.75, 3.05) is 0 Å². The average molecular weight is 310 g/mol. The van der Waals surface area contributed by atoms with Gasteiger partial charge >= 0.3 is 0 Å². The number of para-hydroxylation sites is 1. The first-order valence-electron chi connectivity index (χ1n) is 6.50. The fourth-order valence-corrected chi connectivity index (χ4v) is 2.06. The summed E-state index contributed by atoms with van der Waals surface area (Å²) in [7, 11) is 0. The third kappa shape index (κ3) is 4.14. The molecule has 2 aromatic carbocycles.